The normalized spacial score (nSPS) is 15.9. The van der Waals surface area contributed by atoms with Crippen LogP contribution in [0.2, 0.25) is 0 Å². The van der Waals surface area contributed by atoms with E-state index in [9.17, 15) is 19.2 Å². The molecule has 19 heteroatoms. The van der Waals surface area contributed by atoms with Gasteiger partial charge in [0.1, 0.15) is 32.6 Å². The Labute approximate surface area is 430 Å². The number of fused-ring (bicyclic) bond motifs is 1. The lowest BCUT2D eigenvalue weighted by atomic mass is 9.80. The molecule has 0 bridgehead atoms. The van der Waals surface area contributed by atoms with Crippen LogP contribution in [0.5, 0.6) is 0 Å². The molecule has 2 N–H and O–H groups in total. The van der Waals surface area contributed by atoms with Gasteiger partial charge in [0.25, 0.3) is 11.8 Å². The molecule has 360 valence electrons. The van der Waals surface area contributed by atoms with E-state index in [0.717, 1.165) is 43.4 Å². The third-order valence-corrected chi connectivity index (χ3v) is 16.3. The number of hydrogen-bond acceptors (Lipinski definition) is 16. The zero-order chi connectivity index (χ0) is 49.4. The number of benzene rings is 5. The molecule has 2 aromatic heterocycles. The van der Waals surface area contributed by atoms with Gasteiger partial charge in [0.2, 0.25) is 5.60 Å². The first-order valence-electron chi connectivity index (χ1n) is 22.2. The summed E-state index contributed by atoms with van der Waals surface area (Å²) in [6, 6.07) is 46.3. The maximum absolute atomic E-state index is 14.9. The predicted molar refractivity (Wildman–Crippen MR) is 280 cm³/mol. The van der Waals surface area contributed by atoms with Gasteiger partial charge >= 0.3 is 12.1 Å². The van der Waals surface area contributed by atoms with Gasteiger partial charge in [-0.2, -0.15) is 0 Å². The zero-order valence-corrected chi connectivity index (χ0v) is 42.5. The van der Waals surface area contributed by atoms with Crippen molar-refractivity contribution in [3.8, 4) is 0 Å². The van der Waals surface area contributed by atoms with Crippen LogP contribution in [-0.4, -0.2) is 76.9 Å². The summed E-state index contributed by atoms with van der Waals surface area (Å²) in [5.41, 5.74) is 1.42. The first-order chi connectivity index (χ1) is 34.5. The molecular weight excluding hydrogens is 995 g/mol. The molecule has 2 aliphatic rings. The fourth-order valence-electron chi connectivity index (χ4n) is 7.85. The number of oxime groups is 1. The number of carbonyl (C=O) groups is 4. The van der Waals surface area contributed by atoms with Crippen molar-refractivity contribution in [1.29, 1.82) is 0 Å². The number of hydrogen-bond donors (Lipinski definition) is 2. The molecule has 14 nitrogen and oxygen atoms in total. The molecule has 0 saturated carbocycles. The minimum absolute atomic E-state index is 0.0610. The molecule has 7 aromatic rings. The topological polar surface area (TPSA) is 174 Å². The van der Waals surface area contributed by atoms with Gasteiger partial charge in [0.05, 0.1) is 6.20 Å². The van der Waals surface area contributed by atoms with E-state index in [1.54, 1.807) is 32.3 Å². The maximum Gasteiger partial charge on any atom is 0.413 e. The SMILES string of the molecule is CC(C)(C)OC(=O)Nc1nc(C(=NOC(c2ccccc2)(c2ccccc2)c2ccccc2)C(=O)N[C@@H]2C(=O)N3C(C(=O)OC(c4ccccc4)c4ccccc4)=C(SCSc4cnns4)CS[C@@H]23)cs1. The summed E-state index contributed by atoms with van der Waals surface area (Å²) in [7, 11) is 0. The number of rotatable bonds is 17. The van der Waals surface area contributed by atoms with Crippen LogP contribution in [0.15, 0.2) is 183 Å². The molecule has 3 amide bonds. The summed E-state index contributed by atoms with van der Waals surface area (Å²) in [6.07, 6.45) is 0.169. The minimum Gasteiger partial charge on any atom is -0.448 e. The average molecular weight is 1040 g/mol. The highest BCUT2D eigenvalue weighted by Crippen LogP contribution is 2.46. The molecule has 0 unspecified atom stereocenters. The number of aromatic nitrogens is 3. The second kappa shape index (κ2) is 22.1. The van der Waals surface area contributed by atoms with Crippen molar-refractivity contribution >= 4 is 92.9 Å². The summed E-state index contributed by atoms with van der Waals surface area (Å²) < 4.78 is 16.7. The van der Waals surface area contributed by atoms with Crippen LogP contribution in [0.4, 0.5) is 9.93 Å². The molecule has 0 aliphatic carbocycles. The molecule has 2 atom stereocenters. The number of nitrogens with one attached hydrogen (secondary N) is 2. The molecule has 0 radical (unpaired) electrons. The van der Waals surface area contributed by atoms with Crippen molar-refractivity contribution in [2.75, 3.05) is 16.2 Å². The highest BCUT2D eigenvalue weighted by Gasteiger charge is 2.55. The summed E-state index contributed by atoms with van der Waals surface area (Å²) in [6.45, 7) is 5.23. The predicted octanol–water partition coefficient (Wildman–Crippen LogP) is 10.5. The van der Waals surface area contributed by atoms with Gasteiger partial charge in [-0.25, -0.2) is 14.6 Å². The molecule has 0 spiro atoms. The quantitative estimate of drug-likeness (QED) is 0.0168. The fraction of sp³-hybridized carbons (Fsp3) is 0.192. The van der Waals surface area contributed by atoms with Crippen LogP contribution in [0.1, 0.15) is 60.4 Å². The van der Waals surface area contributed by atoms with E-state index in [2.05, 4.69) is 30.4 Å². The van der Waals surface area contributed by atoms with Crippen molar-refractivity contribution in [3.05, 3.63) is 207 Å². The molecule has 9 rings (SSSR count). The Bertz CT molecular complexity index is 2900. The van der Waals surface area contributed by atoms with E-state index in [1.165, 1.54) is 51.7 Å². The van der Waals surface area contributed by atoms with Gasteiger partial charge < -0.3 is 19.6 Å². The Morgan fingerprint density at radius 1 is 0.803 bits per heavy atom. The van der Waals surface area contributed by atoms with Crippen molar-refractivity contribution in [1.82, 2.24) is 24.8 Å². The fourth-order valence-corrected chi connectivity index (χ4v) is 13.0. The third kappa shape index (κ3) is 11.2. The lowest BCUT2D eigenvalue weighted by Gasteiger charge is -2.49. The number of thiazole rings is 1. The Morgan fingerprint density at radius 2 is 1.37 bits per heavy atom. The maximum atomic E-state index is 14.9. The number of anilines is 1. The van der Waals surface area contributed by atoms with Crippen molar-refractivity contribution in [3.63, 3.8) is 0 Å². The number of β-lactam (4-membered cyclic amide) rings is 1. The average Bonchev–Trinajstić information content (AvgIpc) is 4.09. The highest BCUT2D eigenvalue weighted by atomic mass is 32.2. The second-order valence-electron chi connectivity index (χ2n) is 16.9. The van der Waals surface area contributed by atoms with Gasteiger partial charge in [0, 0.05) is 37.8 Å². The Balaban J connectivity index is 1.05. The number of thioether (sulfide) groups is 3. The lowest BCUT2D eigenvalue weighted by molar-refractivity contribution is -0.154. The summed E-state index contributed by atoms with van der Waals surface area (Å²) in [5.74, 6) is -1.63. The number of esters is 1. The Hall–Kier alpha value is -6.77. The second-order valence-corrected chi connectivity index (χ2v) is 22.3. The Kier molecular flexibility index (Phi) is 15.3. The van der Waals surface area contributed by atoms with Gasteiger partial charge in [-0.05, 0) is 43.4 Å². The van der Waals surface area contributed by atoms with Crippen LogP contribution < -0.4 is 10.6 Å². The smallest absolute Gasteiger partial charge is 0.413 e. The standard InChI is InChI=1S/C52H45N7O7S5/c1-51(2,3)65-50(63)56-49-54-38(30-68-49)41(57-66-52(35-23-13-6-14-24-35,36-25-15-7-16-26-36)37-27-17-8-18-28-37)45(60)55-42-46(61)59-43(39(31-67-47(42)59)69-32-70-40-29-53-58-71-40)48(62)64-44(33-19-9-4-10-20-33)34-21-11-5-12-22-34/h4-30,42,44,47H,31-32H2,1-3H3,(H,55,60)(H,54,56,63)/t42-,47+/m1/s1. The lowest BCUT2D eigenvalue weighted by Crippen LogP contribution is -2.71. The first-order valence-corrected chi connectivity index (χ1v) is 26.9. The van der Waals surface area contributed by atoms with E-state index < -0.39 is 52.6 Å². The van der Waals surface area contributed by atoms with Crippen molar-refractivity contribution in [2.24, 2.45) is 5.16 Å². The van der Waals surface area contributed by atoms with E-state index in [-0.39, 0.29) is 22.2 Å². The Morgan fingerprint density at radius 3 is 1.90 bits per heavy atom. The number of ether oxygens (including phenoxy) is 2. The van der Waals surface area contributed by atoms with Crippen LogP contribution in [0.3, 0.4) is 0 Å². The number of carbonyl (C=O) groups excluding carboxylic acids is 4. The molecule has 4 heterocycles. The highest BCUT2D eigenvalue weighted by molar-refractivity contribution is 8.19. The molecule has 1 fully saturated rings. The monoisotopic (exact) mass is 1040 g/mol. The minimum atomic E-state index is -1.38. The number of nitrogens with zero attached hydrogens (tertiary/aromatic N) is 5. The molecule has 5 aromatic carbocycles. The van der Waals surface area contributed by atoms with E-state index >= 15 is 0 Å². The zero-order valence-electron chi connectivity index (χ0n) is 38.4. The molecular formula is C52H45N7O7S5. The summed E-state index contributed by atoms with van der Waals surface area (Å²) in [5, 5.41) is 15.7. The van der Waals surface area contributed by atoms with E-state index in [0.29, 0.717) is 15.7 Å². The molecule has 2 aliphatic heterocycles. The van der Waals surface area contributed by atoms with Crippen LogP contribution in [0, 0.1) is 0 Å². The van der Waals surface area contributed by atoms with E-state index in [1.807, 2.05) is 152 Å². The van der Waals surface area contributed by atoms with Gasteiger partial charge in [0.15, 0.2) is 16.9 Å². The molecule has 1 saturated heterocycles. The van der Waals surface area contributed by atoms with Crippen molar-refractivity contribution in [2.45, 2.75) is 53.7 Å². The third-order valence-electron chi connectivity index (χ3n) is 11.0. The van der Waals surface area contributed by atoms with Crippen LogP contribution >= 0.6 is 58.2 Å². The van der Waals surface area contributed by atoms with Crippen molar-refractivity contribution < 1.29 is 33.5 Å². The van der Waals surface area contributed by atoms with E-state index in [4.69, 9.17) is 14.3 Å². The van der Waals surface area contributed by atoms with Crippen LogP contribution in [0.25, 0.3) is 0 Å². The van der Waals surface area contributed by atoms with Gasteiger partial charge in [-0.1, -0.05) is 161 Å². The van der Waals surface area contributed by atoms with Gasteiger partial charge in [-0.15, -0.1) is 51.7 Å². The largest absolute Gasteiger partial charge is 0.448 e. The number of amides is 3. The molecule has 71 heavy (non-hydrogen) atoms. The first kappa shape index (κ1) is 49.2. The van der Waals surface area contributed by atoms with Gasteiger partial charge in [-0.3, -0.25) is 19.8 Å². The van der Waals surface area contributed by atoms with Crippen LogP contribution in [-0.2, 0) is 34.3 Å². The summed E-state index contributed by atoms with van der Waals surface area (Å²) in [4.78, 5) is 70.6. The summed E-state index contributed by atoms with van der Waals surface area (Å²) >= 11 is 6.69.